The third kappa shape index (κ3) is 5.39. The van der Waals surface area contributed by atoms with E-state index in [1.165, 1.54) is 107 Å². The first-order chi connectivity index (χ1) is 25.4. The summed E-state index contributed by atoms with van der Waals surface area (Å²) in [5.74, 6) is 0. The van der Waals surface area contributed by atoms with E-state index in [1.807, 2.05) is 11.3 Å². The Balaban J connectivity index is 1.44. The summed E-state index contributed by atoms with van der Waals surface area (Å²) >= 11 is 2.03. The van der Waals surface area contributed by atoms with E-state index in [0.717, 1.165) is 6.42 Å². The molecule has 0 amide bonds. The molecule has 1 aliphatic carbocycles. The van der Waals surface area contributed by atoms with Gasteiger partial charge < -0.3 is 4.90 Å². The molecule has 3 heterocycles. The van der Waals surface area contributed by atoms with Crippen molar-refractivity contribution in [3.8, 4) is 11.1 Å². The molecule has 54 heavy (non-hydrogen) atoms. The van der Waals surface area contributed by atoms with Crippen molar-refractivity contribution in [2.75, 3.05) is 4.90 Å². The molecule has 0 bridgehead atoms. The highest BCUT2D eigenvalue weighted by Gasteiger charge is 2.48. The van der Waals surface area contributed by atoms with Crippen LogP contribution < -0.4 is 20.6 Å². The van der Waals surface area contributed by atoms with E-state index in [9.17, 15) is 0 Å². The van der Waals surface area contributed by atoms with E-state index in [1.54, 1.807) is 5.56 Å². The molecule has 0 saturated heterocycles. The maximum Gasteiger partial charge on any atom is 0.260 e. The number of rotatable bonds is 2. The number of nitrogens with zero attached hydrogens (tertiary/aromatic N) is 1. The average molecular weight is 726 g/mol. The zero-order valence-electron chi connectivity index (χ0n) is 34.4. The first kappa shape index (κ1) is 35.6. The van der Waals surface area contributed by atoms with E-state index >= 15 is 0 Å². The Morgan fingerprint density at radius 1 is 0.667 bits per heavy atom. The summed E-state index contributed by atoms with van der Waals surface area (Å²) in [6.07, 6.45) is 4.90. The molecule has 3 heteroatoms. The summed E-state index contributed by atoms with van der Waals surface area (Å²) in [6.45, 7) is 26.3. The summed E-state index contributed by atoms with van der Waals surface area (Å²) in [7, 11) is 0. The molecular formula is C51H56BNS. The average Bonchev–Trinajstić information content (AvgIpc) is 3.50. The van der Waals surface area contributed by atoms with E-state index in [0.29, 0.717) is 0 Å². The van der Waals surface area contributed by atoms with Crippen molar-refractivity contribution in [1.82, 2.24) is 0 Å². The quantitative estimate of drug-likeness (QED) is 0.160. The van der Waals surface area contributed by atoms with Gasteiger partial charge in [-0.1, -0.05) is 148 Å². The number of anilines is 3. The van der Waals surface area contributed by atoms with Gasteiger partial charge in [0, 0.05) is 31.7 Å². The molecular weight excluding hydrogens is 669 g/mol. The lowest BCUT2D eigenvalue weighted by Gasteiger charge is -2.45. The predicted molar refractivity (Wildman–Crippen MR) is 238 cm³/mol. The van der Waals surface area contributed by atoms with E-state index in [-0.39, 0.29) is 28.4 Å². The summed E-state index contributed by atoms with van der Waals surface area (Å²) in [5.41, 5.74) is 19.9. The Morgan fingerprint density at radius 3 is 2.06 bits per heavy atom. The molecule has 6 aromatic rings. The highest BCUT2D eigenvalue weighted by Crippen LogP contribution is 2.50. The smallest absolute Gasteiger partial charge is 0.260 e. The summed E-state index contributed by atoms with van der Waals surface area (Å²) in [6, 6.07) is 36.4. The topological polar surface area (TPSA) is 3.24 Å². The zero-order chi connectivity index (χ0) is 38.1. The maximum atomic E-state index is 2.69. The van der Waals surface area contributed by atoms with Crippen LogP contribution >= 0.6 is 11.3 Å². The van der Waals surface area contributed by atoms with Gasteiger partial charge in [0.15, 0.2) is 0 Å². The fourth-order valence-electron chi connectivity index (χ4n) is 9.95. The van der Waals surface area contributed by atoms with Crippen molar-refractivity contribution in [2.24, 2.45) is 0 Å². The maximum absolute atomic E-state index is 2.69. The molecule has 0 saturated carbocycles. The van der Waals surface area contributed by atoms with E-state index in [2.05, 4.69) is 172 Å². The molecule has 0 fully saturated rings. The van der Waals surface area contributed by atoms with Crippen LogP contribution in [0.1, 0.15) is 128 Å². The lowest BCUT2D eigenvalue weighted by atomic mass is 9.32. The molecule has 3 aliphatic rings. The molecule has 0 N–H and O–H groups in total. The monoisotopic (exact) mass is 725 g/mol. The van der Waals surface area contributed by atoms with Gasteiger partial charge in [-0.15, -0.1) is 11.3 Å². The van der Waals surface area contributed by atoms with Gasteiger partial charge in [-0.2, -0.15) is 0 Å². The Kier molecular flexibility index (Phi) is 7.89. The second kappa shape index (κ2) is 12.0. The van der Waals surface area contributed by atoms with Crippen molar-refractivity contribution in [3.05, 3.63) is 130 Å². The number of hydrogen-bond donors (Lipinski definition) is 0. The zero-order valence-corrected chi connectivity index (χ0v) is 35.2. The van der Waals surface area contributed by atoms with Crippen molar-refractivity contribution < 1.29 is 0 Å². The molecule has 1 nitrogen and oxygen atoms in total. The molecule has 0 unspecified atom stereocenters. The highest BCUT2D eigenvalue weighted by atomic mass is 32.1. The Morgan fingerprint density at radius 2 is 1.35 bits per heavy atom. The van der Waals surface area contributed by atoms with Crippen LogP contribution in [0.5, 0.6) is 0 Å². The predicted octanol–water partition coefficient (Wildman–Crippen LogP) is 12.3. The number of aryl methyl sites for hydroxylation is 1. The molecule has 0 radical (unpaired) electrons. The van der Waals surface area contributed by atoms with Gasteiger partial charge in [0.1, 0.15) is 0 Å². The second-order valence-corrected chi connectivity index (χ2v) is 21.2. The lowest BCUT2D eigenvalue weighted by molar-refractivity contribution is 0.588. The van der Waals surface area contributed by atoms with E-state index in [4.69, 9.17) is 0 Å². The van der Waals surface area contributed by atoms with Crippen LogP contribution in [0.3, 0.4) is 0 Å². The van der Waals surface area contributed by atoms with Gasteiger partial charge in [0.2, 0.25) is 0 Å². The molecule has 1 aromatic heterocycles. The second-order valence-electron chi connectivity index (χ2n) is 20.1. The molecule has 9 rings (SSSR count). The van der Waals surface area contributed by atoms with Crippen LogP contribution in [0, 0.1) is 0 Å². The Labute approximate surface area is 328 Å². The van der Waals surface area contributed by atoms with Crippen LogP contribution in [0.15, 0.2) is 91.0 Å². The minimum atomic E-state index is -0.177. The third-order valence-electron chi connectivity index (χ3n) is 13.0. The van der Waals surface area contributed by atoms with Crippen molar-refractivity contribution >= 4 is 60.9 Å². The summed E-state index contributed by atoms with van der Waals surface area (Å²) < 4.78 is 2.86. The van der Waals surface area contributed by atoms with Gasteiger partial charge in [0.05, 0.1) is 5.69 Å². The minimum absolute atomic E-state index is 0.0155. The third-order valence-corrected chi connectivity index (χ3v) is 14.2. The normalized spacial score (nSPS) is 16.2. The summed E-state index contributed by atoms with van der Waals surface area (Å²) in [5, 5.41) is 1.41. The number of fused-ring (bicyclic) bond motifs is 7. The number of benzene rings is 5. The standard InChI is InChI=1S/C51H56BNS/c1-48(2,3)33-22-25-35(26-23-33)53-42-29-32(37-19-14-17-31-16-12-13-18-36(31)37)28-40-45(42)52(41-30-34(49(4,5)6)24-27-38(41)51(40,10)11)47-46(53)44-39(50(7,8)9)20-15-21-43(44)54-47/h14-15,17,19-30H,12-13,16,18H2,1-11H3. The molecule has 0 spiro atoms. The molecule has 274 valence electrons. The van der Waals surface area contributed by atoms with Crippen LogP contribution in [-0.4, -0.2) is 6.71 Å². The minimum Gasteiger partial charge on any atom is -0.310 e. The van der Waals surface area contributed by atoms with Crippen LogP contribution in [0.25, 0.3) is 21.2 Å². The lowest BCUT2D eigenvalue weighted by Crippen LogP contribution is -2.63. The van der Waals surface area contributed by atoms with Crippen molar-refractivity contribution in [3.63, 3.8) is 0 Å². The molecule has 2 aliphatic heterocycles. The van der Waals surface area contributed by atoms with Gasteiger partial charge in [-0.3, -0.25) is 0 Å². The van der Waals surface area contributed by atoms with Gasteiger partial charge >= 0.3 is 0 Å². The summed E-state index contributed by atoms with van der Waals surface area (Å²) in [4.78, 5) is 2.69. The first-order valence-corrected chi connectivity index (χ1v) is 21.2. The Hall–Kier alpha value is -4.08. The van der Waals surface area contributed by atoms with Crippen LogP contribution in [-0.2, 0) is 34.5 Å². The highest BCUT2D eigenvalue weighted by molar-refractivity contribution is 7.33. The van der Waals surface area contributed by atoms with E-state index < -0.39 is 0 Å². The van der Waals surface area contributed by atoms with Crippen molar-refractivity contribution in [1.29, 1.82) is 0 Å². The Bertz CT molecular complexity index is 2470. The largest absolute Gasteiger partial charge is 0.310 e. The fourth-order valence-corrected chi connectivity index (χ4v) is 11.3. The molecule has 5 aromatic carbocycles. The van der Waals surface area contributed by atoms with Crippen molar-refractivity contribution in [2.45, 2.75) is 124 Å². The molecule has 0 atom stereocenters. The first-order valence-electron chi connectivity index (χ1n) is 20.4. The van der Waals surface area contributed by atoms with Gasteiger partial charge in [-0.05, 0) is 122 Å². The van der Waals surface area contributed by atoms with Gasteiger partial charge in [0.25, 0.3) is 6.71 Å². The number of hydrogen-bond acceptors (Lipinski definition) is 2. The van der Waals surface area contributed by atoms with Crippen LogP contribution in [0.4, 0.5) is 17.1 Å². The van der Waals surface area contributed by atoms with Crippen LogP contribution in [0.2, 0.25) is 0 Å². The van der Waals surface area contributed by atoms with Gasteiger partial charge in [-0.25, -0.2) is 0 Å². The number of thiophene rings is 1. The fraction of sp³-hybridized carbons (Fsp3) is 0.373. The SMILES string of the molecule is CC(C)(C)c1ccc(N2c3cc(-c4cccc5c4CCCC5)cc4c3B(c3cc(C(C)(C)C)ccc3C4(C)C)c3sc4cccc(C(C)(C)C)c4c32)cc1.